The number of carbonyl (C=O) groups excluding carboxylic acids is 2. The lowest BCUT2D eigenvalue weighted by Crippen LogP contribution is -2.34. The second-order valence-corrected chi connectivity index (χ2v) is 5.56. The maximum atomic E-state index is 12.4. The maximum absolute atomic E-state index is 12.4. The molecule has 3 aromatic carbocycles. The fourth-order valence-corrected chi connectivity index (χ4v) is 2.63. The molecule has 5 nitrogen and oxygen atoms in total. The zero-order valence-corrected chi connectivity index (χ0v) is 13.5. The minimum atomic E-state index is -0.377. The molecule has 0 heterocycles. The van der Waals surface area contributed by atoms with Gasteiger partial charge in [-0.3, -0.25) is 9.59 Å². The predicted molar refractivity (Wildman–Crippen MR) is 96.7 cm³/mol. The van der Waals surface area contributed by atoms with Crippen LogP contribution in [-0.2, 0) is 0 Å². The molecule has 0 saturated carbocycles. The van der Waals surface area contributed by atoms with Gasteiger partial charge in [0.05, 0.1) is 5.56 Å². The standard InChI is InChI=1S/C20H18N2O3/c23-18-11-4-3-9-17(18)20(25)22-13-12-21-19(24)16-10-5-7-14-6-1-2-8-15(14)16/h1-11,23H,12-13H2,(H,21,24)(H,22,25). The van der Waals surface area contributed by atoms with E-state index >= 15 is 0 Å². The minimum absolute atomic E-state index is 0.0696. The average Bonchev–Trinajstić information content (AvgIpc) is 2.64. The normalized spacial score (nSPS) is 10.4. The van der Waals surface area contributed by atoms with Crippen molar-refractivity contribution in [3.05, 3.63) is 77.9 Å². The van der Waals surface area contributed by atoms with Crippen LogP contribution < -0.4 is 10.6 Å². The average molecular weight is 334 g/mol. The van der Waals surface area contributed by atoms with E-state index in [9.17, 15) is 14.7 Å². The smallest absolute Gasteiger partial charge is 0.255 e. The van der Waals surface area contributed by atoms with Gasteiger partial charge in [-0.2, -0.15) is 0 Å². The van der Waals surface area contributed by atoms with Crippen LogP contribution in [0.2, 0.25) is 0 Å². The second kappa shape index (κ2) is 7.49. The number of amides is 2. The third-order valence-electron chi connectivity index (χ3n) is 3.88. The summed E-state index contributed by atoms with van der Waals surface area (Å²) in [5, 5.41) is 17.0. The highest BCUT2D eigenvalue weighted by Gasteiger charge is 2.11. The van der Waals surface area contributed by atoms with E-state index in [1.165, 1.54) is 6.07 Å². The summed E-state index contributed by atoms with van der Waals surface area (Å²) < 4.78 is 0. The number of hydrogen-bond acceptors (Lipinski definition) is 3. The van der Waals surface area contributed by atoms with Gasteiger partial charge in [0.25, 0.3) is 11.8 Å². The number of aromatic hydroxyl groups is 1. The Morgan fingerprint density at radius 3 is 2.04 bits per heavy atom. The van der Waals surface area contributed by atoms with Gasteiger partial charge >= 0.3 is 0 Å². The van der Waals surface area contributed by atoms with Crippen molar-refractivity contribution in [1.82, 2.24) is 10.6 Å². The Labute approximate surface area is 145 Å². The number of nitrogens with one attached hydrogen (secondary N) is 2. The molecule has 0 unspecified atom stereocenters. The minimum Gasteiger partial charge on any atom is -0.507 e. The molecule has 0 saturated heterocycles. The first-order valence-corrected chi connectivity index (χ1v) is 7.99. The molecule has 0 aliphatic rings. The van der Waals surface area contributed by atoms with E-state index in [0.717, 1.165) is 10.8 Å². The van der Waals surface area contributed by atoms with Gasteiger partial charge in [0, 0.05) is 18.7 Å². The van der Waals surface area contributed by atoms with Gasteiger partial charge in [0.15, 0.2) is 0 Å². The van der Waals surface area contributed by atoms with E-state index in [2.05, 4.69) is 10.6 Å². The summed E-state index contributed by atoms with van der Waals surface area (Å²) in [6.45, 7) is 0.561. The first kappa shape index (κ1) is 16.5. The largest absolute Gasteiger partial charge is 0.507 e. The Kier molecular flexibility index (Phi) is 4.95. The van der Waals surface area contributed by atoms with Crippen LogP contribution in [0.25, 0.3) is 10.8 Å². The van der Waals surface area contributed by atoms with Crippen LogP contribution in [0.5, 0.6) is 5.75 Å². The summed E-state index contributed by atoms with van der Waals surface area (Å²) in [5.41, 5.74) is 0.813. The van der Waals surface area contributed by atoms with E-state index in [-0.39, 0.29) is 29.7 Å². The number of benzene rings is 3. The molecule has 25 heavy (non-hydrogen) atoms. The lowest BCUT2D eigenvalue weighted by molar-refractivity contribution is 0.0927. The zero-order valence-electron chi connectivity index (χ0n) is 13.5. The van der Waals surface area contributed by atoms with Crippen molar-refractivity contribution in [3.8, 4) is 5.75 Å². The number of phenols is 1. The number of hydrogen-bond donors (Lipinski definition) is 3. The first-order valence-electron chi connectivity index (χ1n) is 7.99. The SMILES string of the molecule is O=C(NCCNC(=O)c1cccc2ccccc12)c1ccccc1O. The fraction of sp³-hybridized carbons (Fsp3) is 0.100. The van der Waals surface area contributed by atoms with Crippen LogP contribution in [0.1, 0.15) is 20.7 Å². The lowest BCUT2D eigenvalue weighted by atomic mass is 10.0. The first-order chi connectivity index (χ1) is 12.2. The topological polar surface area (TPSA) is 78.4 Å². The quantitative estimate of drug-likeness (QED) is 0.628. The maximum Gasteiger partial charge on any atom is 0.255 e. The number of rotatable bonds is 5. The van der Waals surface area contributed by atoms with Gasteiger partial charge in [-0.15, -0.1) is 0 Å². The molecule has 0 aliphatic heterocycles. The van der Waals surface area contributed by atoms with Crippen LogP contribution in [-0.4, -0.2) is 30.0 Å². The van der Waals surface area contributed by atoms with E-state index < -0.39 is 0 Å². The van der Waals surface area contributed by atoms with E-state index in [0.29, 0.717) is 12.1 Å². The van der Waals surface area contributed by atoms with Gasteiger partial charge in [-0.05, 0) is 29.0 Å². The van der Waals surface area contributed by atoms with Crippen molar-refractivity contribution in [3.63, 3.8) is 0 Å². The van der Waals surface area contributed by atoms with E-state index in [4.69, 9.17) is 0 Å². The van der Waals surface area contributed by atoms with E-state index in [1.807, 2.05) is 36.4 Å². The number of para-hydroxylation sites is 1. The molecular weight excluding hydrogens is 316 g/mol. The van der Waals surface area contributed by atoms with Crippen LogP contribution in [0.4, 0.5) is 0 Å². The molecule has 0 radical (unpaired) electrons. The van der Waals surface area contributed by atoms with Gasteiger partial charge in [0.2, 0.25) is 0 Å². The van der Waals surface area contributed by atoms with E-state index in [1.54, 1.807) is 24.3 Å². The predicted octanol–water partition coefficient (Wildman–Crippen LogP) is 2.71. The Morgan fingerprint density at radius 2 is 1.28 bits per heavy atom. The summed E-state index contributed by atoms with van der Waals surface area (Å²) >= 11 is 0. The molecule has 5 heteroatoms. The Bertz CT molecular complexity index is 916. The summed E-state index contributed by atoms with van der Waals surface area (Å²) in [4.78, 5) is 24.3. The summed E-state index contributed by atoms with van der Waals surface area (Å²) in [7, 11) is 0. The summed E-state index contributed by atoms with van der Waals surface area (Å²) in [6.07, 6.45) is 0. The van der Waals surface area contributed by atoms with Crippen LogP contribution >= 0.6 is 0 Å². The molecule has 0 spiro atoms. The molecule has 2 amide bonds. The Hall–Kier alpha value is -3.34. The third-order valence-corrected chi connectivity index (χ3v) is 3.88. The van der Waals surface area contributed by atoms with Gasteiger partial charge < -0.3 is 15.7 Å². The Balaban J connectivity index is 1.56. The molecule has 126 valence electrons. The highest BCUT2D eigenvalue weighted by Crippen LogP contribution is 2.18. The Morgan fingerprint density at radius 1 is 0.720 bits per heavy atom. The van der Waals surface area contributed by atoms with Gasteiger partial charge in [0.1, 0.15) is 5.75 Å². The summed E-state index contributed by atoms with van der Waals surface area (Å²) in [5.74, 6) is -0.633. The molecule has 3 N–H and O–H groups in total. The molecule has 0 bridgehead atoms. The zero-order chi connectivity index (χ0) is 17.6. The molecule has 0 aromatic heterocycles. The highest BCUT2D eigenvalue weighted by atomic mass is 16.3. The van der Waals surface area contributed by atoms with Crippen molar-refractivity contribution in [2.75, 3.05) is 13.1 Å². The van der Waals surface area contributed by atoms with Crippen LogP contribution in [0.15, 0.2) is 66.7 Å². The van der Waals surface area contributed by atoms with Crippen molar-refractivity contribution in [2.24, 2.45) is 0 Å². The molecular formula is C20H18N2O3. The second-order valence-electron chi connectivity index (χ2n) is 5.56. The lowest BCUT2D eigenvalue weighted by Gasteiger charge is -2.09. The fourth-order valence-electron chi connectivity index (χ4n) is 2.63. The third kappa shape index (κ3) is 3.77. The number of carbonyl (C=O) groups is 2. The molecule has 3 aromatic rings. The number of fused-ring (bicyclic) bond motifs is 1. The van der Waals surface area contributed by atoms with Crippen LogP contribution in [0, 0.1) is 0 Å². The molecule has 0 aliphatic carbocycles. The molecule has 0 fully saturated rings. The monoisotopic (exact) mass is 334 g/mol. The van der Waals surface area contributed by atoms with Gasteiger partial charge in [-0.1, -0.05) is 48.5 Å². The van der Waals surface area contributed by atoms with Crippen molar-refractivity contribution >= 4 is 22.6 Å². The summed E-state index contributed by atoms with van der Waals surface area (Å²) in [6, 6.07) is 19.6. The molecule has 3 rings (SSSR count). The molecule has 0 atom stereocenters. The highest BCUT2D eigenvalue weighted by molar-refractivity contribution is 6.07. The van der Waals surface area contributed by atoms with Crippen molar-refractivity contribution in [1.29, 1.82) is 0 Å². The number of phenolic OH excluding ortho intramolecular Hbond substituents is 1. The van der Waals surface area contributed by atoms with Gasteiger partial charge in [-0.25, -0.2) is 0 Å². The van der Waals surface area contributed by atoms with Crippen molar-refractivity contribution in [2.45, 2.75) is 0 Å². The van der Waals surface area contributed by atoms with Crippen LogP contribution in [0.3, 0.4) is 0 Å². The van der Waals surface area contributed by atoms with Crippen molar-refractivity contribution < 1.29 is 14.7 Å².